The third kappa shape index (κ3) is 5.37. The van der Waals surface area contributed by atoms with Crippen LogP contribution in [-0.4, -0.2) is 6.61 Å². The van der Waals surface area contributed by atoms with Gasteiger partial charge in [-0.05, 0) is 36.8 Å². The molecular weight excluding hydrogens is 279 g/mol. The normalized spacial score (nSPS) is 10.5. The lowest BCUT2D eigenvalue weighted by Crippen LogP contribution is -2.21. The first-order valence-corrected chi connectivity index (χ1v) is 7.74. The predicted octanol–water partition coefficient (Wildman–Crippen LogP) is 4.51. The second-order valence-electron chi connectivity index (χ2n) is 5.15. The molecule has 0 aliphatic heterocycles. The molecule has 0 aliphatic rings. The second kappa shape index (κ2) is 9.05. The third-order valence-electron chi connectivity index (χ3n) is 3.31. The number of hydrazine groups is 1. The predicted molar refractivity (Wildman–Crippen MR) is 88.3 cm³/mol. The molecule has 118 valence electrons. The second-order valence-corrected chi connectivity index (χ2v) is 5.15. The molecule has 2 N–H and O–H groups in total. The molecule has 0 saturated heterocycles. The van der Waals surface area contributed by atoms with Crippen LogP contribution >= 0.6 is 0 Å². The fraction of sp³-hybridized carbons (Fsp3) is 0.333. The van der Waals surface area contributed by atoms with Crippen molar-refractivity contribution in [2.45, 2.75) is 32.7 Å². The Labute approximate surface area is 131 Å². The molecule has 0 spiro atoms. The molecule has 0 aliphatic carbocycles. The number of rotatable bonds is 9. The van der Waals surface area contributed by atoms with Crippen molar-refractivity contribution in [2.75, 3.05) is 12.0 Å². The largest absolute Gasteiger partial charge is 0.493 e. The molecule has 4 heteroatoms. The number of hydrogen-bond acceptors (Lipinski definition) is 3. The van der Waals surface area contributed by atoms with Gasteiger partial charge in [0, 0.05) is 17.8 Å². The lowest BCUT2D eigenvalue weighted by molar-refractivity contribution is 0.302. The molecular formula is C18H23FN2O. The van der Waals surface area contributed by atoms with E-state index in [2.05, 4.69) is 17.8 Å². The Bertz CT molecular complexity index is 560. The van der Waals surface area contributed by atoms with E-state index < -0.39 is 0 Å². The van der Waals surface area contributed by atoms with Gasteiger partial charge in [-0.1, -0.05) is 38.0 Å². The molecule has 0 atom stereocenters. The van der Waals surface area contributed by atoms with E-state index in [0.29, 0.717) is 13.2 Å². The zero-order chi connectivity index (χ0) is 15.6. The van der Waals surface area contributed by atoms with Crippen LogP contribution in [0.25, 0.3) is 0 Å². The monoisotopic (exact) mass is 302 g/mol. The van der Waals surface area contributed by atoms with Crippen LogP contribution in [0.4, 0.5) is 10.1 Å². The maximum Gasteiger partial charge on any atom is 0.124 e. The number of benzene rings is 2. The minimum atomic E-state index is -0.252. The quantitative estimate of drug-likeness (QED) is 0.528. The smallest absolute Gasteiger partial charge is 0.124 e. The Morgan fingerprint density at radius 2 is 1.86 bits per heavy atom. The number of hydrogen-bond donors (Lipinski definition) is 2. The lowest BCUT2D eigenvalue weighted by atomic mass is 10.2. The summed E-state index contributed by atoms with van der Waals surface area (Å²) in [5.41, 5.74) is 7.95. The number of ether oxygens (including phenoxy) is 1. The zero-order valence-corrected chi connectivity index (χ0v) is 12.9. The van der Waals surface area contributed by atoms with Crippen molar-refractivity contribution in [1.82, 2.24) is 5.43 Å². The third-order valence-corrected chi connectivity index (χ3v) is 3.31. The van der Waals surface area contributed by atoms with Crippen molar-refractivity contribution in [3.63, 3.8) is 0 Å². The first-order valence-electron chi connectivity index (χ1n) is 7.74. The van der Waals surface area contributed by atoms with E-state index >= 15 is 0 Å². The van der Waals surface area contributed by atoms with Gasteiger partial charge in [0.25, 0.3) is 0 Å². The number of unbranched alkanes of at least 4 members (excludes halogenated alkanes) is 2. The summed E-state index contributed by atoms with van der Waals surface area (Å²) in [5, 5.41) is 0. The fourth-order valence-corrected chi connectivity index (χ4v) is 2.12. The van der Waals surface area contributed by atoms with E-state index in [0.717, 1.165) is 36.3 Å². The van der Waals surface area contributed by atoms with Crippen LogP contribution < -0.4 is 15.6 Å². The summed E-state index contributed by atoms with van der Waals surface area (Å²) in [6.07, 6.45) is 3.32. The SMILES string of the molecule is CCCCCOc1ccc(F)cc1CNNc1ccccc1. The molecule has 2 rings (SSSR count). The number of halogens is 1. The van der Waals surface area contributed by atoms with E-state index in [1.165, 1.54) is 12.1 Å². The van der Waals surface area contributed by atoms with E-state index in [9.17, 15) is 4.39 Å². The van der Waals surface area contributed by atoms with E-state index in [1.807, 2.05) is 30.3 Å². The molecule has 22 heavy (non-hydrogen) atoms. The molecule has 0 fully saturated rings. The van der Waals surface area contributed by atoms with Gasteiger partial charge >= 0.3 is 0 Å². The van der Waals surface area contributed by atoms with Gasteiger partial charge in [0.1, 0.15) is 11.6 Å². The van der Waals surface area contributed by atoms with Crippen molar-refractivity contribution in [3.05, 3.63) is 59.9 Å². The highest BCUT2D eigenvalue weighted by Gasteiger charge is 2.05. The van der Waals surface area contributed by atoms with Crippen LogP contribution in [0.2, 0.25) is 0 Å². The minimum Gasteiger partial charge on any atom is -0.493 e. The number of nitrogens with one attached hydrogen (secondary N) is 2. The Hall–Kier alpha value is -2.07. The first-order chi connectivity index (χ1) is 10.8. The van der Waals surface area contributed by atoms with E-state index in [1.54, 1.807) is 6.07 Å². The molecule has 0 unspecified atom stereocenters. The number of anilines is 1. The first kappa shape index (κ1) is 16.3. The Balaban J connectivity index is 1.89. The molecule has 0 bridgehead atoms. The average molecular weight is 302 g/mol. The Morgan fingerprint density at radius 1 is 1.05 bits per heavy atom. The van der Waals surface area contributed by atoms with Gasteiger partial charge in [0.05, 0.1) is 6.61 Å². The van der Waals surface area contributed by atoms with Crippen LogP contribution in [0.1, 0.15) is 31.7 Å². The Kier molecular flexibility index (Phi) is 6.71. The highest BCUT2D eigenvalue weighted by Crippen LogP contribution is 2.20. The van der Waals surface area contributed by atoms with Crippen LogP contribution in [0.5, 0.6) is 5.75 Å². The standard InChI is InChI=1S/C18H23FN2O/c1-2-3-7-12-22-18-11-10-16(19)13-15(18)14-20-21-17-8-5-4-6-9-17/h4-6,8-11,13,20-21H,2-3,7,12,14H2,1H3. The van der Waals surface area contributed by atoms with Crippen molar-refractivity contribution in [1.29, 1.82) is 0 Å². The summed E-state index contributed by atoms with van der Waals surface area (Å²) in [5.74, 6) is 0.484. The molecule has 2 aromatic rings. The van der Waals surface area contributed by atoms with Gasteiger partial charge in [0.15, 0.2) is 0 Å². The van der Waals surface area contributed by atoms with Gasteiger partial charge < -0.3 is 10.2 Å². The minimum absolute atomic E-state index is 0.252. The molecule has 0 saturated carbocycles. The molecule has 0 amide bonds. The summed E-state index contributed by atoms with van der Waals surface area (Å²) in [6.45, 7) is 3.30. The molecule has 0 radical (unpaired) electrons. The van der Waals surface area contributed by atoms with Gasteiger partial charge in [-0.2, -0.15) is 0 Å². The zero-order valence-electron chi connectivity index (χ0n) is 12.9. The van der Waals surface area contributed by atoms with Gasteiger partial charge in [-0.15, -0.1) is 0 Å². The maximum absolute atomic E-state index is 13.4. The highest BCUT2D eigenvalue weighted by atomic mass is 19.1. The van der Waals surface area contributed by atoms with E-state index in [-0.39, 0.29) is 5.82 Å². The average Bonchev–Trinajstić information content (AvgIpc) is 2.54. The van der Waals surface area contributed by atoms with E-state index in [4.69, 9.17) is 4.74 Å². The van der Waals surface area contributed by atoms with Crippen molar-refractivity contribution >= 4 is 5.69 Å². The van der Waals surface area contributed by atoms with Crippen molar-refractivity contribution < 1.29 is 9.13 Å². The van der Waals surface area contributed by atoms with Gasteiger partial charge in [0.2, 0.25) is 0 Å². The van der Waals surface area contributed by atoms with Crippen LogP contribution in [0.15, 0.2) is 48.5 Å². The lowest BCUT2D eigenvalue weighted by Gasteiger charge is -2.13. The topological polar surface area (TPSA) is 33.3 Å². The van der Waals surface area contributed by atoms with Crippen LogP contribution in [0, 0.1) is 5.82 Å². The van der Waals surface area contributed by atoms with Crippen LogP contribution in [0.3, 0.4) is 0 Å². The summed E-state index contributed by atoms with van der Waals surface area (Å²) in [6, 6.07) is 14.4. The van der Waals surface area contributed by atoms with Gasteiger partial charge in [-0.25, -0.2) is 9.82 Å². The molecule has 3 nitrogen and oxygen atoms in total. The number of para-hydroxylation sites is 1. The maximum atomic E-state index is 13.4. The summed E-state index contributed by atoms with van der Waals surface area (Å²) < 4.78 is 19.2. The fourth-order valence-electron chi connectivity index (χ4n) is 2.12. The molecule has 0 aromatic heterocycles. The highest BCUT2D eigenvalue weighted by molar-refractivity contribution is 5.41. The van der Waals surface area contributed by atoms with Crippen LogP contribution in [-0.2, 0) is 6.54 Å². The molecule has 2 aromatic carbocycles. The summed E-state index contributed by atoms with van der Waals surface area (Å²) in [4.78, 5) is 0. The van der Waals surface area contributed by atoms with Crippen molar-refractivity contribution in [2.24, 2.45) is 0 Å². The molecule has 0 heterocycles. The van der Waals surface area contributed by atoms with Crippen molar-refractivity contribution in [3.8, 4) is 5.75 Å². The Morgan fingerprint density at radius 3 is 2.64 bits per heavy atom. The summed E-state index contributed by atoms with van der Waals surface area (Å²) >= 11 is 0. The summed E-state index contributed by atoms with van der Waals surface area (Å²) in [7, 11) is 0. The van der Waals surface area contributed by atoms with Gasteiger partial charge in [-0.3, -0.25) is 0 Å².